The van der Waals surface area contributed by atoms with Gasteiger partial charge in [-0.3, -0.25) is 4.79 Å². The number of carbonyl (C=O) groups excluding carboxylic acids is 1. The molecule has 0 aliphatic rings. The van der Waals surface area contributed by atoms with Gasteiger partial charge in [0.15, 0.2) is 5.69 Å². The summed E-state index contributed by atoms with van der Waals surface area (Å²) in [6.45, 7) is 1.50. The number of esters is 1. The average Bonchev–Trinajstić information content (AvgIpc) is 2.94. The number of ether oxygens (including phenoxy) is 1. The van der Waals surface area contributed by atoms with Crippen molar-refractivity contribution in [3.05, 3.63) is 52.1 Å². The third kappa shape index (κ3) is 3.02. The minimum Gasteiger partial charge on any atom is -0.464 e. The lowest BCUT2D eigenvalue weighted by Gasteiger charge is -2.13. The summed E-state index contributed by atoms with van der Waals surface area (Å²) in [7, 11) is 1.17. The van der Waals surface area contributed by atoms with Gasteiger partial charge in [-0.2, -0.15) is 13.2 Å². The molecule has 0 saturated heterocycles. The SMILES string of the molecule is COC(=O)c1coc(C(C)n2ccc(C(F)(F)F)cc2=O)n1. The standard InChI is InChI=1S/C13H11F3N2O4/c1-7(11-17-9(6-22-11)12(20)21-2)18-4-3-8(5-10(18)19)13(14,15)16/h3-7H,1-2H3. The second kappa shape index (κ2) is 5.66. The zero-order valence-electron chi connectivity index (χ0n) is 11.5. The van der Waals surface area contributed by atoms with E-state index >= 15 is 0 Å². The molecule has 1 atom stereocenters. The summed E-state index contributed by atoms with van der Waals surface area (Å²) in [5, 5.41) is 0. The molecule has 0 radical (unpaired) electrons. The van der Waals surface area contributed by atoms with E-state index in [1.54, 1.807) is 0 Å². The highest BCUT2D eigenvalue weighted by atomic mass is 19.4. The first-order chi connectivity index (χ1) is 10.2. The van der Waals surface area contributed by atoms with Crippen molar-refractivity contribution in [2.45, 2.75) is 19.1 Å². The summed E-state index contributed by atoms with van der Waals surface area (Å²) in [6, 6.07) is 0.483. The number of rotatable bonds is 3. The van der Waals surface area contributed by atoms with Crippen molar-refractivity contribution in [3.63, 3.8) is 0 Å². The molecule has 6 nitrogen and oxygen atoms in total. The Morgan fingerprint density at radius 2 is 2.14 bits per heavy atom. The first-order valence-corrected chi connectivity index (χ1v) is 6.07. The summed E-state index contributed by atoms with van der Waals surface area (Å²) < 4.78 is 48.1. The van der Waals surface area contributed by atoms with Crippen molar-refractivity contribution in [1.29, 1.82) is 0 Å². The van der Waals surface area contributed by atoms with Crippen LogP contribution in [-0.4, -0.2) is 22.6 Å². The van der Waals surface area contributed by atoms with E-state index in [1.807, 2.05) is 0 Å². The lowest BCUT2D eigenvalue weighted by Crippen LogP contribution is -2.25. The smallest absolute Gasteiger partial charge is 0.416 e. The highest BCUT2D eigenvalue weighted by Gasteiger charge is 2.31. The number of alkyl halides is 3. The van der Waals surface area contributed by atoms with Crippen LogP contribution in [0.15, 0.2) is 33.8 Å². The fourth-order valence-corrected chi connectivity index (χ4v) is 1.78. The highest BCUT2D eigenvalue weighted by Crippen LogP contribution is 2.28. The number of nitrogens with zero attached hydrogens (tertiary/aromatic N) is 2. The average molecular weight is 316 g/mol. The lowest BCUT2D eigenvalue weighted by molar-refractivity contribution is -0.137. The van der Waals surface area contributed by atoms with E-state index in [0.29, 0.717) is 6.07 Å². The molecule has 2 aromatic rings. The molecule has 0 bridgehead atoms. The van der Waals surface area contributed by atoms with Crippen LogP contribution in [0.4, 0.5) is 13.2 Å². The van der Waals surface area contributed by atoms with Gasteiger partial charge in [-0.05, 0) is 13.0 Å². The van der Waals surface area contributed by atoms with Crippen molar-refractivity contribution in [2.75, 3.05) is 7.11 Å². The summed E-state index contributed by atoms with van der Waals surface area (Å²) in [5.41, 5.74) is -1.99. The Balaban J connectivity index is 2.34. The Labute approximate surface area is 122 Å². The Hall–Kier alpha value is -2.58. The molecule has 118 valence electrons. The molecule has 0 aromatic carbocycles. The van der Waals surface area contributed by atoms with E-state index in [9.17, 15) is 22.8 Å². The molecule has 1 unspecified atom stereocenters. The molecule has 0 amide bonds. The van der Waals surface area contributed by atoms with E-state index < -0.39 is 29.3 Å². The van der Waals surface area contributed by atoms with Crippen molar-refractivity contribution in [1.82, 2.24) is 9.55 Å². The Morgan fingerprint density at radius 1 is 1.45 bits per heavy atom. The number of oxazole rings is 1. The normalized spacial score (nSPS) is 13.0. The number of pyridine rings is 1. The van der Waals surface area contributed by atoms with E-state index in [4.69, 9.17) is 4.42 Å². The summed E-state index contributed by atoms with van der Waals surface area (Å²) in [6.07, 6.45) is -2.55. The number of halogens is 3. The molecule has 0 aliphatic carbocycles. The predicted octanol–water partition coefficient (Wildman–Crippen LogP) is 2.25. The second-order valence-electron chi connectivity index (χ2n) is 4.40. The van der Waals surface area contributed by atoms with Crippen LogP contribution in [0.3, 0.4) is 0 Å². The van der Waals surface area contributed by atoms with Gasteiger partial charge in [-0.25, -0.2) is 9.78 Å². The Bertz CT molecular complexity index is 748. The molecule has 9 heteroatoms. The minimum absolute atomic E-state index is 0.00209. The predicted molar refractivity (Wildman–Crippen MR) is 67.4 cm³/mol. The van der Waals surface area contributed by atoms with Gasteiger partial charge in [-0.1, -0.05) is 0 Å². The fourth-order valence-electron chi connectivity index (χ4n) is 1.78. The first-order valence-electron chi connectivity index (χ1n) is 6.07. The van der Waals surface area contributed by atoms with Crippen LogP contribution in [0.25, 0.3) is 0 Å². The van der Waals surface area contributed by atoms with Crippen molar-refractivity contribution < 1.29 is 27.1 Å². The number of hydrogen-bond acceptors (Lipinski definition) is 5. The largest absolute Gasteiger partial charge is 0.464 e. The van der Waals surface area contributed by atoms with Crippen LogP contribution in [-0.2, 0) is 10.9 Å². The third-order valence-electron chi connectivity index (χ3n) is 2.97. The molecule has 0 spiro atoms. The van der Waals surface area contributed by atoms with E-state index in [-0.39, 0.29) is 11.6 Å². The summed E-state index contributed by atoms with van der Waals surface area (Å²) >= 11 is 0. The van der Waals surface area contributed by atoms with E-state index in [0.717, 1.165) is 23.1 Å². The Morgan fingerprint density at radius 3 is 2.68 bits per heavy atom. The summed E-state index contributed by atoms with van der Waals surface area (Å²) in [5.74, 6) is -0.718. The molecule has 0 fully saturated rings. The first kappa shape index (κ1) is 15.8. The number of carbonyl (C=O) groups is 1. The van der Waals surface area contributed by atoms with Crippen LogP contribution in [0.2, 0.25) is 0 Å². The molecular formula is C13H11F3N2O4. The van der Waals surface area contributed by atoms with Gasteiger partial charge in [-0.15, -0.1) is 0 Å². The zero-order valence-corrected chi connectivity index (χ0v) is 11.5. The van der Waals surface area contributed by atoms with Crippen LogP contribution in [0.1, 0.15) is 34.9 Å². The summed E-state index contributed by atoms with van der Waals surface area (Å²) in [4.78, 5) is 26.9. The lowest BCUT2D eigenvalue weighted by atomic mass is 10.2. The molecule has 2 heterocycles. The van der Waals surface area contributed by atoms with Gasteiger partial charge < -0.3 is 13.7 Å². The van der Waals surface area contributed by atoms with Crippen LogP contribution in [0, 0.1) is 0 Å². The van der Waals surface area contributed by atoms with E-state index in [2.05, 4.69) is 9.72 Å². The molecule has 0 aliphatic heterocycles. The van der Waals surface area contributed by atoms with Crippen molar-refractivity contribution >= 4 is 5.97 Å². The number of methoxy groups -OCH3 is 1. The minimum atomic E-state index is -4.59. The van der Waals surface area contributed by atoms with Crippen LogP contribution >= 0.6 is 0 Å². The van der Waals surface area contributed by atoms with Crippen LogP contribution < -0.4 is 5.56 Å². The topological polar surface area (TPSA) is 74.3 Å². The monoisotopic (exact) mass is 316 g/mol. The molecule has 2 aromatic heterocycles. The molecule has 0 saturated carbocycles. The molecule has 22 heavy (non-hydrogen) atoms. The number of aromatic nitrogens is 2. The van der Waals surface area contributed by atoms with Gasteiger partial charge in [0.1, 0.15) is 12.3 Å². The molecular weight excluding hydrogens is 305 g/mol. The van der Waals surface area contributed by atoms with Gasteiger partial charge in [0.05, 0.1) is 12.7 Å². The van der Waals surface area contributed by atoms with Crippen molar-refractivity contribution in [3.8, 4) is 0 Å². The van der Waals surface area contributed by atoms with Crippen LogP contribution in [0.5, 0.6) is 0 Å². The van der Waals surface area contributed by atoms with Gasteiger partial charge in [0.25, 0.3) is 5.56 Å². The van der Waals surface area contributed by atoms with Crippen molar-refractivity contribution in [2.24, 2.45) is 0 Å². The molecule has 2 rings (SSSR count). The quantitative estimate of drug-likeness (QED) is 0.812. The Kier molecular flexibility index (Phi) is 4.07. The van der Waals surface area contributed by atoms with E-state index in [1.165, 1.54) is 14.0 Å². The van der Waals surface area contributed by atoms with Gasteiger partial charge in [0, 0.05) is 12.3 Å². The second-order valence-corrected chi connectivity index (χ2v) is 4.40. The fraction of sp³-hybridized carbons (Fsp3) is 0.308. The maximum absolute atomic E-state index is 12.5. The highest BCUT2D eigenvalue weighted by molar-refractivity contribution is 5.86. The maximum Gasteiger partial charge on any atom is 0.416 e. The molecule has 0 N–H and O–H groups in total. The zero-order chi connectivity index (χ0) is 16.5. The maximum atomic E-state index is 12.5. The van der Waals surface area contributed by atoms with Gasteiger partial charge in [0.2, 0.25) is 5.89 Å². The number of hydrogen-bond donors (Lipinski definition) is 0. The van der Waals surface area contributed by atoms with Gasteiger partial charge >= 0.3 is 12.1 Å². The third-order valence-corrected chi connectivity index (χ3v) is 2.97.